The van der Waals surface area contributed by atoms with Crippen LogP contribution in [0.4, 0.5) is 0 Å². The molecule has 1 N–H and O–H groups in total. The summed E-state index contributed by atoms with van der Waals surface area (Å²) in [4.78, 5) is 47.7. The van der Waals surface area contributed by atoms with Crippen LogP contribution in [0.1, 0.15) is 72.2 Å². The Labute approximate surface area is 207 Å². The molecular formula is C27H37N5O3. The van der Waals surface area contributed by atoms with E-state index in [2.05, 4.69) is 15.2 Å². The highest BCUT2D eigenvalue weighted by Crippen LogP contribution is 2.25. The van der Waals surface area contributed by atoms with Gasteiger partial charge in [-0.3, -0.25) is 24.3 Å². The van der Waals surface area contributed by atoms with Crippen LogP contribution < -0.4 is 10.7 Å². The number of carbonyl (C=O) groups is 2. The monoisotopic (exact) mass is 479 g/mol. The number of amides is 2. The fraction of sp³-hybridized carbons (Fsp3) is 0.556. The van der Waals surface area contributed by atoms with Gasteiger partial charge in [0.1, 0.15) is 11.1 Å². The van der Waals surface area contributed by atoms with E-state index in [4.69, 9.17) is 0 Å². The van der Waals surface area contributed by atoms with E-state index < -0.39 is 11.3 Å². The summed E-state index contributed by atoms with van der Waals surface area (Å²) in [6.07, 6.45) is 12.9. The highest BCUT2D eigenvalue weighted by Gasteiger charge is 2.27. The van der Waals surface area contributed by atoms with E-state index in [0.29, 0.717) is 19.0 Å². The smallest absolute Gasteiger partial charge is 0.259 e. The zero-order valence-electron chi connectivity index (χ0n) is 20.9. The van der Waals surface area contributed by atoms with Gasteiger partial charge in [0, 0.05) is 70.1 Å². The van der Waals surface area contributed by atoms with E-state index >= 15 is 0 Å². The minimum Gasteiger partial charge on any atom is -0.352 e. The number of hydrogen-bond acceptors (Lipinski definition) is 5. The van der Waals surface area contributed by atoms with Gasteiger partial charge in [0.2, 0.25) is 5.43 Å². The van der Waals surface area contributed by atoms with Crippen molar-refractivity contribution in [1.29, 1.82) is 0 Å². The van der Waals surface area contributed by atoms with Crippen molar-refractivity contribution < 1.29 is 9.59 Å². The van der Waals surface area contributed by atoms with Crippen molar-refractivity contribution in [2.75, 3.05) is 26.2 Å². The van der Waals surface area contributed by atoms with Crippen molar-refractivity contribution in [3.8, 4) is 0 Å². The average Bonchev–Trinajstić information content (AvgIpc) is 2.86. The molecule has 188 valence electrons. The van der Waals surface area contributed by atoms with E-state index in [-0.39, 0.29) is 23.1 Å². The Kier molecular flexibility index (Phi) is 8.33. The molecule has 1 aliphatic heterocycles. The zero-order valence-corrected chi connectivity index (χ0v) is 20.9. The van der Waals surface area contributed by atoms with Crippen LogP contribution in [0.15, 0.2) is 41.7 Å². The third kappa shape index (κ3) is 6.57. The molecule has 1 aliphatic carbocycles. The van der Waals surface area contributed by atoms with Crippen LogP contribution in [0.25, 0.3) is 0 Å². The van der Waals surface area contributed by atoms with Gasteiger partial charge in [0.05, 0.1) is 0 Å². The van der Waals surface area contributed by atoms with Gasteiger partial charge in [0.15, 0.2) is 0 Å². The van der Waals surface area contributed by atoms with Gasteiger partial charge in [-0.05, 0) is 50.3 Å². The number of nitrogens with zero attached hydrogens (tertiary/aromatic N) is 4. The minimum absolute atomic E-state index is 0.0525. The molecule has 2 aliphatic rings. The van der Waals surface area contributed by atoms with Crippen LogP contribution in [-0.2, 0) is 13.1 Å². The first-order valence-electron chi connectivity index (χ1n) is 12.9. The first-order chi connectivity index (χ1) is 16.9. The lowest BCUT2D eigenvalue weighted by molar-refractivity contribution is 0.0626. The van der Waals surface area contributed by atoms with Crippen LogP contribution in [0.2, 0.25) is 0 Å². The van der Waals surface area contributed by atoms with Crippen molar-refractivity contribution in [3.63, 3.8) is 0 Å². The molecule has 0 radical (unpaired) electrons. The molecule has 35 heavy (non-hydrogen) atoms. The van der Waals surface area contributed by atoms with Crippen LogP contribution in [0.3, 0.4) is 0 Å². The van der Waals surface area contributed by atoms with E-state index in [1.165, 1.54) is 24.8 Å². The van der Waals surface area contributed by atoms with Gasteiger partial charge in [-0.2, -0.15) is 0 Å². The van der Waals surface area contributed by atoms with Crippen molar-refractivity contribution in [3.05, 3.63) is 63.8 Å². The Morgan fingerprint density at radius 2 is 1.66 bits per heavy atom. The molecule has 2 aromatic rings. The lowest BCUT2D eigenvalue weighted by atomic mass is 9.89. The van der Waals surface area contributed by atoms with E-state index in [1.54, 1.807) is 29.7 Å². The Hall–Kier alpha value is -3.00. The third-order valence-electron chi connectivity index (χ3n) is 6.98. The summed E-state index contributed by atoms with van der Waals surface area (Å²) in [6, 6.07) is 3.90. The van der Waals surface area contributed by atoms with Gasteiger partial charge in [0.25, 0.3) is 11.8 Å². The molecule has 3 heterocycles. The number of nitrogens with one attached hydrogen (secondary N) is 1. The molecule has 8 heteroatoms. The van der Waals surface area contributed by atoms with Gasteiger partial charge in [-0.1, -0.05) is 19.3 Å². The minimum atomic E-state index is -0.479. The van der Waals surface area contributed by atoms with Crippen molar-refractivity contribution >= 4 is 11.8 Å². The molecule has 2 amide bonds. The van der Waals surface area contributed by atoms with Crippen molar-refractivity contribution in [2.45, 2.75) is 65.1 Å². The number of carbonyl (C=O) groups excluding carboxylic acids is 2. The number of pyridine rings is 2. The highest BCUT2D eigenvalue weighted by atomic mass is 16.2. The van der Waals surface area contributed by atoms with Crippen LogP contribution in [0.5, 0.6) is 0 Å². The van der Waals surface area contributed by atoms with Gasteiger partial charge >= 0.3 is 0 Å². The summed E-state index contributed by atoms with van der Waals surface area (Å²) in [5.41, 5.74) is 0.859. The molecule has 4 rings (SSSR count). The topological polar surface area (TPSA) is 87.5 Å². The second kappa shape index (κ2) is 11.6. The summed E-state index contributed by atoms with van der Waals surface area (Å²) in [5, 5.41) is 2.82. The molecule has 0 aromatic carbocycles. The molecule has 0 atom stereocenters. The number of aromatic nitrogens is 2. The first kappa shape index (κ1) is 25.1. The van der Waals surface area contributed by atoms with Crippen LogP contribution in [-0.4, -0.2) is 63.4 Å². The molecule has 1 saturated carbocycles. The van der Waals surface area contributed by atoms with Gasteiger partial charge in [-0.25, -0.2) is 0 Å². The lowest BCUT2D eigenvalue weighted by Crippen LogP contribution is -2.49. The Bertz CT molecular complexity index is 1070. The first-order valence-corrected chi connectivity index (χ1v) is 12.9. The Morgan fingerprint density at radius 3 is 2.31 bits per heavy atom. The molecule has 1 saturated heterocycles. The normalized spacial score (nSPS) is 17.5. The summed E-state index contributed by atoms with van der Waals surface area (Å²) in [5.74, 6) is -0.193. The molecule has 0 unspecified atom stereocenters. The SMILES string of the molecule is CC(C)NC(=O)c1cn(CC2CCCCC2)cc(C(=O)N2CCN(Cc3ccncc3)CC2)c1=O. The predicted molar refractivity (Wildman–Crippen MR) is 135 cm³/mol. The van der Waals surface area contributed by atoms with Gasteiger partial charge < -0.3 is 14.8 Å². The Balaban J connectivity index is 1.51. The predicted octanol–water partition coefficient (Wildman–Crippen LogP) is 2.92. The van der Waals surface area contributed by atoms with Crippen LogP contribution in [0, 0.1) is 5.92 Å². The van der Waals surface area contributed by atoms with Crippen molar-refractivity contribution in [2.24, 2.45) is 5.92 Å². The molecule has 2 fully saturated rings. The number of piperazine rings is 1. The molecule has 0 spiro atoms. The maximum Gasteiger partial charge on any atom is 0.259 e. The molecule has 2 aromatic heterocycles. The summed E-state index contributed by atoms with van der Waals surface area (Å²) >= 11 is 0. The fourth-order valence-electron chi connectivity index (χ4n) is 5.08. The maximum atomic E-state index is 13.5. The molecular weight excluding hydrogens is 442 g/mol. The summed E-state index contributed by atoms with van der Waals surface area (Å²) in [7, 11) is 0. The molecule has 0 bridgehead atoms. The van der Waals surface area contributed by atoms with E-state index in [1.807, 2.05) is 30.5 Å². The van der Waals surface area contributed by atoms with Gasteiger partial charge in [-0.15, -0.1) is 0 Å². The zero-order chi connectivity index (χ0) is 24.8. The second-order valence-corrected chi connectivity index (χ2v) is 10.2. The summed E-state index contributed by atoms with van der Waals surface area (Å²) < 4.78 is 1.90. The average molecular weight is 480 g/mol. The quantitative estimate of drug-likeness (QED) is 0.660. The largest absolute Gasteiger partial charge is 0.352 e. The summed E-state index contributed by atoms with van der Waals surface area (Å²) in [6.45, 7) is 7.82. The van der Waals surface area contributed by atoms with Crippen molar-refractivity contribution in [1.82, 2.24) is 24.7 Å². The second-order valence-electron chi connectivity index (χ2n) is 10.2. The maximum absolute atomic E-state index is 13.5. The standard InChI is InChI=1S/C27H37N5O3/c1-20(2)29-26(34)23-18-31(17-21-6-4-3-5-7-21)19-24(25(23)33)27(35)32-14-12-30(13-15-32)16-22-8-10-28-11-9-22/h8-11,18-21H,3-7,12-17H2,1-2H3,(H,29,34). The number of rotatable bonds is 7. The highest BCUT2D eigenvalue weighted by molar-refractivity contribution is 5.99. The van der Waals surface area contributed by atoms with E-state index in [9.17, 15) is 14.4 Å². The lowest BCUT2D eigenvalue weighted by Gasteiger charge is -2.34. The third-order valence-corrected chi connectivity index (χ3v) is 6.98. The fourth-order valence-corrected chi connectivity index (χ4v) is 5.08. The Morgan fingerprint density at radius 1 is 1.00 bits per heavy atom. The number of hydrogen-bond donors (Lipinski definition) is 1. The van der Waals surface area contributed by atoms with Crippen LogP contribution >= 0.6 is 0 Å². The van der Waals surface area contributed by atoms with E-state index in [0.717, 1.165) is 39.0 Å². The molecule has 8 nitrogen and oxygen atoms in total.